The van der Waals surface area contributed by atoms with Crippen molar-refractivity contribution < 1.29 is 4.74 Å². The third kappa shape index (κ3) is 4.79. The van der Waals surface area contributed by atoms with Gasteiger partial charge in [-0.25, -0.2) is 0 Å². The number of aryl methyl sites for hydroxylation is 1. The molecule has 168 valence electrons. The number of hydrogen-bond donors (Lipinski definition) is 0. The molecule has 0 N–H and O–H groups in total. The normalized spacial score (nSPS) is 11.8. The Hall–Kier alpha value is -2.90. The van der Waals surface area contributed by atoms with Crippen LogP contribution in [0.25, 0.3) is 16.7 Å². The average molecular weight is 454 g/mol. The second kappa shape index (κ2) is 9.71. The number of fused-ring (bicyclic) bond motifs is 3. The summed E-state index contributed by atoms with van der Waals surface area (Å²) < 4.78 is 9.57. The summed E-state index contributed by atoms with van der Waals surface area (Å²) in [4.78, 5) is 15.3. The van der Waals surface area contributed by atoms with E-state index in [-0.39, 0.29) is 5.56 Å². The Balaban J connectivity index is 1.57. The summed E-state index contributed by atoms with van der Waals surface area (Å²) in [6.45, 7) is 6.75. The van der Waals surface area contributed by atoms with E-state index in [4.69, 9.17) is 16.3 Å². The zero-order chi connectivity index (χ0) is 22.7. The summed E-state index contributed by atoms with van der Waals surface area (Å²) in [6, 6.07) is 15.0. The van der Waals surface area contributed by atoms with Gasteiger partial charge in [-0.1, -0.05) is 37.6 Å². The number of benzene rings is 2. The quantitative estimate of drug-likeness (QED) is 0.379. The molecule has 0 radical (unpaired) electrons. The number of halogens is 1. The number of para-hydroxylation sites is 1. The number of hydrogen-bond acceptors (Lipinski definition) is 5. The molecule has 0 saturated carbocycles. The standard InChI is InChI=1S/C24H28ClN5O2/c1-17(2)12-13-29-23(31)20-6-4-5-7-21(20)30-22(26-27-24(29)30)16-28(3)14-15-32-19-10-8-18(25)9-11-19/h4-11,17H,12-16H2,1-3H3. The van der Waals surface area contributed by atoms with Crippen LogP contribution in [0.5, 0.6) is 5.75 Å². The maximum absolute atomic E-state index is 13.1. The second-order valence-electron chi connectivity index (χ2n) is 8.45. The van der Waals surface area contributed by atoms with Gasteiger partial charge < -0.3 is 4.74 Å². The van der Waals surface area contributed by atoms with Gasteiger partial charge in [-0.05, 0) is 55.8 Å². The van der Waals surface area contributed by atoms with Crippen LogP contribution in [0.1, 0.15) is 26.1 Å². The minimum absolute atomic E-state index is 0.0163. The molecular weight excluding hydrogens is 426 g/mol. The van der Waals surface area contributed by atoms with Crippen LogP contribution in [0.2, 0.25) is 5.02 Å². The number of aromatic nitrogens is 4. The Labute approximate surface area is 192 Å². The molecule has 0 bridgehead atoms. The first-order chi connectivity index (χ1) is 15.4. The number of nitrogens with zero attached hydrogens (tertiary/aromatic N) is 5. The average Bonchev–Trinajstić information content (AvgIpc) is 3.18. The molecule has 0 unspecified atom stereocenters. The Morgan fingerprint density at radius 2 is 1.84 bits per heavy atom. The summed E-state index contributed by atoms with van der Waals surface area (Å²) in [7, 11) is 2.02. The van der Waals surface area contributed by atoms with Crippen LogP contribution in [0.3, 0.4) is 0 Å². The molecule has 0 aliphatic rings. The van der Waals surface area contributed by atoms with Gasteiger partial charge in [-0.15, -0.1) is 10.2 Å². The number of ether oxygens (including phenoxy) is 1. The number of rotatable bonds is 9. The minimum atomic E-state index is -0.0163. The van der Waals surface area contributed by atoms with Crippen molar-refractivity contribution in [1.29, 1.82) is 0 Å². The summed E-state index contributed by atoms with van der Waals surface area (Å²) in [5, 5.41) is 10.2. The third-order valence-electron chi connectivity index (χ3n) is 5.47. The van der Waals surface area contributed by atoms with E-state index in [1.807, 2.05) is 60.0 Å². The SMILES string of the molecule is CC(C)CCn1c(=O)c2ccccc2n2c(CN(C)CCOc3ccc(Cl)cc3)nnc12. The van der Waals surface area contributed by atoms with Crippen LogP contribution >= 0.6 is 11.6 Å². The molecule has 2 heterocycles. The second-order valence-corrected chi connectivity index (χ2v) is 8.88. The van der Waals surface area contributed by atoms with Crippen molar-refractivity contribution in [3.8, 4) is 5.75 Å². The maximum atomic E-state index is 13.1. The Morgan fingerprint density at radius 3 is 2.59 bits per heavy atom. The Morgan fingerprint density at radius 1 is 1.09 bits per heavy atom. The van der Waals surface area contributed by atoms with Gasteiger partial charge in [0, 0.05) is 18.1 Å². The fraction of sp³-hybridized carbons (Fsp3) is 0.375. The van der Waals surface area contributed by atoms with Crippen molar-refractivity contribution in [3.63, 3.8) is 0 Å². The molecule has 0 aliphatic heterocycles. The van der Waals surface area contributed by atoms with Crippen molar-refractivity contribution >= 4 is 28.3 Å². The molecule has 4 aromatic rings. The lowest BCUT2D eigenvalue weighted by atomic mass is 10.1. The van der Waals surface area contributed by atoms with Gasteiger partial charge in [0.2, 0.25) is 5.78 Å². The van der Waals surface area contributed by atoms with Crippen molar-refractivity contribution in [2.45, 2.75) is 33.4 Å². The molecule has 0 atom stereocenters. The van der Waals surface area contributed by atoms with Crippen LogP contribution in [0, 0.1) is 5.92 Å². The highest BCUT2D eigenvalue weighted by molar-refractivity contribution is 6.30. The van der Waals surface area contributed by atoms with Crippen molar-refractivity contribution in [2.75, 3.05) is 20.2 Å². The summed E-state index contributed by atoms with van der Waals surface area (Å²) in [5.74, 6) is 2.66. The van der Waals surface area contributed by atoms with Crippen LogP contribution in [0.4, 0.5) is 0 Å². The molecule has 0 amide bonds. The minimum Gasteiger partial charge on any atom is -0.492 e. The van der Waals surface area contributed by atoms with E-state index in [2.05, 4.69) is 28.9 Å². The first-order valence-electron chi connectivity index (χ1n) is 10.9. The van der Waals surface area contributed by atoms with Crippen LogP contribution in [0.15, 0.2) is 53.3 Å². The molecule has 7 nitrogen and oxygen atoms in total. The maximum Gasteiger partial charge on any atom is 0.262 e. The van der Waals surface area contributed by atoms with E-state index in [1.54, 1.807) is 4.57 Å². The highest BCUT2D eigenvalue weighted by Gasteiger charge is 2.17. The molecule has 0 saturated heterocycles. The predicted octanol–water partition coefficient (Wildman–Crippen LogP) is 4.25. The van der Waals surface area contributed by atoms with Crippen molar-refractivity contribution in [2.24, 2.45) is 5.92 Å². The topological polar surface area (TPSA) is 64.7 Å². The molecule has 4 rings (SSSR count). The third-order valence-corrected chi connectivity index (χ3v) is 5.72. The van der Waals surface area contributed by atoms with Crippen LogP contribution in [-0.2, 0) is 13.1 Å². The van der Waals surface area contributed by atoms with E-state index in [1.165, 1.54) is 0 Å². The van der Waals surface area contributed by atoms with Gasteiger partial charge in [0.25, 0.3) is 5.56 Å². The van der Waals surface area contributed by atoms with Crippen LogP contribution < -0.4 is 10.3 Å². The molecule has 2 aromatic heterocycles. The Kier molecular flexibility index (Phi) is 6.77. The van der Waals surface area contributed by atoms with Gasteiger partial charge >= 0.3 is 0 Å². The molecular formula is C24H28ClN5O2. The molecule has 0 fully saturated rings. The summed E-state index contributed by atoms with van der Waals surface area (Å²) in [5.41, 5.74) is 0.816. The van der Waals surface area contributed by atoms with Crippen molar-refractivity contribution in [3.05, 3.63) is 69.7 Å². The van der Waals surface area contributed by atoms with E-state index in [0.717, 1.165) is 23.5 Å². The smallest absolute Gasteiger partial charge is 0.262 e. The van der Waals surface area contributed by atoms with Gasteiger partial charge in [-0.3, -0.25) is 18.7 Å². The summed E-state index contributed by atoms with van der Waals surface area (Å²) in [6.07, 6.45) is 0.901. The molecule has 8 heteroatoms. The first kappa shape index (κ1) is 22.3. The Bertz CT molecular complexity index is 1260. The predicted molar refractivity (Wildman–Crippen MR) is 127 cm³/mol. The van der Waals surface area contributed by atoms with Gasteiger partial charge in [0.1, 0.15) is 12.4 Å². The van der Waals surface area contributed by atoms with E-state index in [0.29, 0.717) is 48.3 Å². The zero-order valence-electron chi connectivity index (χ0n) is 18.7. The van der Waals surface area contributed by atoms with E-state index in [9.17, 15) is 4.79 Å². The molecule has 32 heavy (non-hydrogen) atoms. The fourth-order valence-corrected chi connectivity index (χ4v) is 3.80. The number of likely N-dealkylation sites (N-methyl/N-ethyl adjacent to an activating group) is 1. The molecule has 0 spiro atoms. The van der Waals surface area contributed by atoms with Gasteiger partial charge in [0.15, 0.2) is 5.82 Å². The zero-order valence-corrected chi connectivity index (χ0v) is 19.4. The lowest BCUT2D eigenvalue weighted by Gasteiger charge is -2.17. The van der Waals surface area contributed by atoms with E-state index >= 15 is 0 Å². The molecule has 2 aromatic carbocycles. The lowest BCUT2D eigenvalue weighted by Crippen LogP contribution is -2.26. The highest BCUT2D eigenvalue weighted by Crippen LogP contribution is 2.17. The largest absolute Gasteiger partial charge is 0.492 e. The van der Waals surface area contributed by atoms with Gasteiger partial charge in [-0.2, -0.15) is 0 Å². The molecule has 0 aliphatic carbocycles. The van der Waals surface area contributed by atoms with Crippen molar-refractivity contribution in [1.82, 2.24) is 24.1 Å². The first-order valence-corrected chi connectivity index (χ1v) is 11.2. The van der Waals surface area contributed by atoms with E-state index < -0.39 is 0 Å². The van der Waals surface area contributed by atoms with Crippen LogP contribution in [-0.4, -0.2) is 44.3 Å². The highest BCUT2D eigenvalue weighted by atomic mass is 35.5. The van der Waals surface area contributed by atoms with Gasteiger partial charge in [0.05, 0.1) is 17.4 Å². The monoisotopic (exact) mass is 453 g/mol. The lowest BCUT2D eigenvalue weighted by molar-refractivity contribution is 0.229. The summed E-state index contributed by atoms with van der Waals surface area (Å²) >= 11 is 5.92. The fourth-order valence-electron chi connectivity index (χ4n) is 3.68.